The molecule has 1 aliphatic rings. The van der Waals surface area contributed by atoms with E-state index in [0.717, 1.165) is 37.2 Å². The summed E-state index contributed by atoms with van der Waals surface area (Å²) in [6, 6.07) is 10.1. The molecule has 1 aromatic carbocycles. The van der Waals surface area contributed by atoms with Gasteiger partial charge in [-0.15, -0.1) is 0 Å². The second-order valence-corrected chi connectivity index (χ2v) is 8.52. The first-order valence-corrected chi connectivity index (χ1v) is 10.7. The first-order valence-electron chi connectivity index (χ1n) is 10.7. The molecule has 0 bridgehead atoms. The number of rotatable bonds is 4. The van der Waals surface area contributed by atoms with Crippen LogP contribution in [0.3, 0.4) is 0 Å². The van der Waals surface area contributed by atoms with Crippen LogP contribution < -0.4 is 4.90 Å². The number of H-pyrrole nitrogens is 1. The molecule has 2 N–H and O–H groups in total. The summed E-state index contributed by atoms with van der Waals surface area (Å²) >= 11 is 0. The fraction of sp³-hybridized carbons (Fsp3) is 0.292. The quantitative estimate of drug-likeness (QED) is 0.487. The molecule has 8 nitrogen and oxygen atoms in total. The zero-order chi connectivity index (χ0) is 23.3. The van der Waals surface area contributed by atoms with Crippen molar-refractivity contribution in [2.24, 2.45) is 0 Å². The van der Waals surface area contributed by atoms with E-state index in [1.54, 1.807) is 0 Å². The Morgan fingerprint density at radius 2 is 2.12 bits per heavy atom. The Labute approximate surface area is 189 Å². The van der Waals surface area contributed by atoms with Gasteiger partial charge in [-0.1, -0.05) is 0 Å². The number of aromatic nitrogens is 3. The van der Waals surface area contributed by atoms with E-state index < -0.39 is 5.82 Å². The van der Waals surface area contributed by atoms with Crippen LogP contribution in [0.15, 0.2) is 34.7 Å². The van der Waals surface area contributed by atoms with E-state index in [2.05, 4.69) is 45.1 Å². The molecule has 3 aromatic heterocycles. The molecule has 0 radical (unpaired) electrons. The summed E-state index contributed by atoms with van der Waals surface area (Å²) in [6.45, 7) is 3.57. The molecule has 1 aliphatic heterocycles. The Bertz CT molecular complexity index is 1400. The van der Waals surface area contributed by atoms with Gasteiger partial charge in [-0.25, -0.2) is 9.37 Å². The second-order valence-electron chi connectivity index (χ2n) is 8.52. The third kappa shape index (κ3) is 3.49. The molecule has 1 atom stereocenters. The first kappa shape index (κ1) is 21.0. The maximum Gasteiger partial charge on any atom is 0.196 e. The molecule has 0 aliphatic carbocycles. The molecule has 0 saturated carbocycles. The lowest BCUT2D eigenvalue weighted by atomic mass is 9.96. The van der Waals surface area contributed by atoms with Crippen LogP contribution in [0.4, 0.5) is 10.3 Å². The minimum atomic E-state index is -0.677. The van der Waals surface area contributed by atoms with E-state index in [9.17, 15) is 14.8 Å². The summed E-state index contributed by atoms with van der Waals surface area (Å²) < 4.78 is 21.0. The molecule has 1 unspecified atom stereocenters. The van der Waals surface area contributed by atoms with Gasteiger partial charge in [-0.2, -0.15) is 10.4 Å². The number of benzene rings is 1. The normalized spacial score (nSPS) is 16.1. The lowest BCUT2D eigenvalue weighted by Gasteiger charge is -2.19. The summed E-state index contributed by atoms with van der Waals surface area (Å²) in [6.07, 6.45) is 1.04. The van der Waals surface area contributed by atoms with Gasteiger partial charge in [-0.3, -0.25) is 5.10 Å². The number of fused-ring (bicyclic) bond motifs is 1. The van der Waals surface area contributed by atoms with Crippen LogP contribution in [-0.2, 0) is 0 Å². The maximum absolute atomic E-state index is 14.7. The van der Waals surface area contributed by atoms with Crippen molar-refractivity contribution < 1.29 is 13.9 Å². The molecule has 33 heavy (non-hydrogen) atoms. The fourth-order valence-corrected chi connectivity index (χ4v) is 4.44. The number of aryl methyl sites for hydroxylation is 1. The number of furan rings is 1. The van der Waals surface area contributed by atoms with Gasteiger partial charge in [0.25, 0.3) is 0 Å². The van der Waals surface area contributed by atoms with Crippen molar-refractivity contribution in [3.63, 3.8) is 0 Å². The number of halogens is 1. The van der Waals surface area contributed by atoms with E-state index in [4.69, 9.17) is 4.42 Å². The maximum atomic E-state index is 14.7. The Hall–Kier alpha value is -3.90. The molecular weight excluding hydrogens is 423 g/mol. The topological polar surface area (TPSA) is 105 Å². The van der Waals surface area contributed by atoms with E-state index in [1.165, 1.54) is 12.1 Å². The highest BCUT2D eigenvalue weighted by Crippen LogP contribution is 2.40. The van der Waals surface area contributed by atoms with Gasteiger partial charge in [-0.05, 0) is 45.6 Å². The predicted octanol–water partition coefficient (Wildman–Crippen LogP) is 4.05. The highest BCUT2D eigenvalue weighted by molar-refractivity contribution is 5.99. The molecule has 1 saturated heterocycles. The first-order chi connectivity index (χ1) is 15.9. The third-order valence-electron chi connectivity index (χ3n) is 6.25. The van der Waals surface area contributed by atoms with Crippen molar-refractivity contribution in [3.8, 4) is 34.4 Å². The van der Waals surface area contributed by atoms with Crippen molar-refractivity contribution in [2.45, 2.75) is 19.4 Å². The van der Waals surface area contributed by atoms with Crippen LogP contribution in [0.2, 0.25) is 0 Å². The predicted molar refractivity (Wildman–Crippen MR) is 122 cm³/mol. The van der Waals surface area contributed by atoms with E-state index in [0.29, 0.717) is 28.4 Å². The SMILES string of the molecule is Cc1[nH]nc2nc(-c3ccc(O)cc3F)c(C#N)c(-c3ccc(N4CCC(N(C)C)C4)o3)c12. The van der Waals surface area contributed by atoms with Crippen molar-refractivity contribution in [1.29, 1.82) is 5.26 Å². The smallest absolute Gasteiger partial charge is 0.196 e. The van der Waals surface area contributed by atoms with Gasteiger partial charge in [0.15, 0.2) is 11.5 Å². The highest BCUT2D eigenvalue weighted by atomic mass is 19.1. The zero-order valence-electron chi connectivity index (χ0n) is 18.6. The van der Waals surface area contributed by atoms with Crippen LogP contribution in [-0.4, -0.2) is 58.4 Å². The van der Waals surface area contributed by atoms with Crippen LogP contribution in [0.1, 0.15) is 17.7 Å². The summed E-state index contributed by atoms with van der Waals surface area (Å²) in [4.78, 5) is 8.87. The summed E-state index contributed by atoms with van der Waals surface area (Å²) in [7, 11) is 4.14. The number of phenolic OH excluding ortho intramolecular Hbond substituents is 1. The minimum Gasteiger partial charge on any atom is -0.508 e. The van der Waals surface area contributed by atoms with E-state index in [1.807, 2.05) is 19.1 Å². The van der Waals surface area contributed by atoms with Crippen molar-refractivity contribution in [1.82, 2.24) is 20.1 Å². The van der Waals surface area contributed by atoms with Gasteiger partial charge in [0.05, 0.1) is 22.2 Å². The standard InChI is InChI=1S/C24H23FN6O2/c1-13-21-22(19-6-7-20(33-19)31-9-8-14(12-31)30(2)3)17(11-26)23(27-24(21)29-28-13)16-5-4-15(32)10-18(16)25/h4-7,10,14,32H,8-9,12H2,1-3H3,(H,27,28,29). The Morgan fingerprint density at radius 1 is 1.30 bits per heavy atom. The largest absolute Gasteiger partial charge is 0.508 e. The van der Waals surface area contributed by atoms with Crippen molar-refractivity contribution >= 4 is 16.9 Å². The molecule has 0 spiro atoms. The average molecular weight is 446 g/mol. The molecule has 9 heteroatoms. The number of anilines is 1. The average Bonchev–Trinajstić information content (AvgIpc) is 3.52. The van der Waals surface area contributed by atoms with Crippen molar-refractivity contribution in [2.75, 3.05) is 32.1 Å². The number of aromatic amines is 1. The number of hydrogen-bond donors (Lipinski definition) is 2. The van der Waals surface area contributed by atoms with Crippen molar-refractivity contribution in [3.05, 3.63) is 47.4 Å². The Kier molecular flexibility index (Phi) is 5.02. The summed E-state index contributed by atoms with van der Waals surface area (Å²) in [5.41, 5.74) is 2.05. The summed E-state index contributed by atoms with van der Waals surface area (Å²) in [5.74, 6) is 0.335. The third-order valence-corrected chi connectivity index (χ3v) is 6.25. The number of phenols is 1. The fourth-order valence-electron chi connectivity index (χ4n) is 4.44. The number of hydrogen-bond acceptors (Lipinski definition) is 7. The van der Waals surface area contributed by atoms with Gasteiger partial charge >= 0.3 is 0 Å². The molecule has 4 aromatic rings. The van der Waals surface area contributed by atoms with Crippen LogP contribution >= 0.6 is 0 Å². The zero-order valence-corrected chi connectivity index (χ0v) is 18.6. The minimum absolute atomic E-state index is 0.105. The van der Waals surface area contributed by atoms with Gasteiger partial charge in [0.2, 0.25) is 0 Å². The van der Waals surface area contributed by atoms with Crippen LogP contribution in [0.25, 0.3) is 33.6 Å². The Morgan fingerprint density at radius 3 is 2.82 bits per heavy atom. The monoisotopic (exact) mass is 446 g/mol. The molecule has 1 fully saturated rings. The Balaban J connectivity index is 1.68. The molecule has 168 valence electrons. The highest BCUT2D eigenvalue weighted by Gasteiger charge is 2.28. The number of nitriles is 1. The lowest BCUT2D eigenvalue weighted by molar-refractivity contribution is 0.315. The number of likely N-dealkylation sites (N-methyl/N-ethyl adjacent to an activating group) is 1. The van der Waals surface area contributed by atoms with E-state index >= 15 is 0 Å². The number of aromatic hydroxyl groups is 1. The number of pyridine rings is 1. The van der Waals surface area contributed by atoms with Gasteiger partial charge in [0.1, 0.15) is 23.4 Å². The second kappa shape index (κ2) is 7.90. The molecule has 0 amide bonds. The number of nitrogens with one attached hydrogen (secondary N) is 1. The number of nitrogens with zero attached hydrogens (tertiary/aromatic N) is 5. The lowest BCUT2D eigenvalue weighted by Crippen LogP contribution is -2.31. The van der Waals surface area contributed by atoms with Crippen LogP contribution in [0, 0.1) is 24.1 Å². The van der Waals surface area contributed by atoms with Crippen LogP contribution in [0.5, 0.6) is 5.75 Å². The molecule has 5 rings (SSSR count). The molecule has 4 heterocycles. The molecular formula is C24H23FN6O2. The van der Waals surface area contributed by atoms with Gasteiger partial charge in [0, 0.05) is 42.5 Å². The van der Waals surface area contributed by atoms with E-state index in [-0.39, 0.29) is 22.6 Å². The van der Waals surface area contributed by atoms with Gasteiger partial charge < -0.3 is 19.3 Å². The summed E-state index contributed by atoms with van der Waals surface area (Å²) in [5, 5.41) is 27.5.